The molecule has 1 unspecified atom stereocenters. The molecule has 1 fully saturated rings. The molecule has 0 aliphatic carbocycles. The largest absolute Gasteiger partial charge is 0.365 e. The van der Waals surface area contributed by atoms with Gasteiger partial charge < -0.3 is 5.11 Å². The molecule has 3 N–H and O–H groups in total. The van der Waals surface area contributed by atoms with Gasteiger partial charge in [0, 0.05) is 12.1 Å². The Bertz CT molecular complexity index is 108. The summed E-state index contributed by atoms with van der Waals surface area (Å²) >= 11 is 0. The number of hydrogen-bond acceptors (Lipinski definition) is 3. The summed E-state index contributed by atoms with van der Waals surface area (Å²) in [5.74, 6) is 0. The highest BCUT2D eigenvalue weighted by Gasteiger charge is 2.26. The van der Waals surface area contributed by atoms with E-state index in [1.54, 1.807) is 0 Å². The van der Waals surface area contributed by atoms with Crippen LogP contribution in [0.2, 0.25) is 0 Å². The van der Waals surface area contributed by atoms with Crippen LogP contribution >= 0.6 is 0 Å². The zero-order valence-electron chi connectivity index (χ0n) is 6.59. The molecule has 1 rings (SSSR count). The zero-order chi connectivity index (χ0) is 7.56. The predicted octanol–water partition coefficient (Wildman–Crippen LogP) is 0.0123. The Morgan fingerprint density at radius 2 is 2.10 bits per heavy atom. The Hall–Kier alpha value is -0.120. The van der Waals surface area contributed by atoms with Gasteiger partial charge in [-0.3, -0.25) is 10.6 Å². The Morgan fingerprint density at radius 1 is 1.40 bits per heavy atom. The maximum Gasteiger partial charge on any atom is 0.161 e. The van der Waals surface area contributed by atoms with Gasteiger partial charge in [-0.15, -0.1) is 0 Å². The highest BCUT2D eigenvalue weighted by Crippen LogP contribution is 2.07. The first-order valence-corrected chi connectivity index (χ1v) is 3.94. The molecule has 3 atom stereocenters. The summed E-state index contributed by atoms with van der Waals surface area (Å²) in [6.45, 7) is 4.24. The molecular weight excluding hydrogens is 128 g/mol. The van der Waals surface area contributed by atoms with Crippen LogP contribution in [0.15, 0.2) is 0 Å². The topological polar surface area (TPSA) is 44.3 Å². The number of aliphatic hydroxyl groups is 1. The molecular formula is C7H16N2O. The van der Waals surface area contributed by atoms with Gasteiger partial charge in [-0.05, 0) is 13.3 Å². The van der Waals surface area contributed by atoms with E-state index in [-0.39, 0.29) is 0 Å². The lowest BCUT2D eigenvalue weighted by molar-refractivity contribution is 0.131. The summed E-state index contributed by atoms with van der Waals surface area (Å²) in [6.07, 6.45) is 1.80. The van der Waals surface area contributed by atoms with Crippen LogP contribution in [0.1, 0.15) is 26.7 Å². The van der Waals surface area contributed by atoms with E-state index in [1.165, 1.54) is 0 Å². The first-order chi connectivity index (χ1) is 4.74. The lowest BCUT2D eigenvalue weighted by Gasteiger charge is -2.12. The lowest BCUT2D eigenvalue weighted by atomic mass is 10.1. The van der Waals surface area contributed by atoms with Gasteiger partial charge in [0.1, 0.15) is 0 Å². The average Bonchev–Trinajstić information content (AvgIpc) is 2.13. The molecule has 1 aliphatic rings. The van der Waals surface area contributed by atoms with E-state index in [1.807, 2.05) is 0 Å². The Balaban J connectivity index is 2.31. The van der Waals surface area contributed by atoms with Gasteiger partial charge in [0.2, 0.25) is 0 Å². The molecule has 0 saturated carbocycles. The molecule has 3 heteroatoms. The van der Waals surface area contributed by atoms with E-state index in [0.29, 0.717) is 12.1 Å². The van der Waals surface area contributed by atoms with Crippen molar-refractivity contribution in [2.45, 2.75) is 45.1 Å². The first-order valence-electron chi connectivity index (χ1n) is 3.94. The molecule has 1 heterocycles. The number of nitrogens with one attached hydrogen (secondary N) is 2. The Labute approximate surface area is 61.8 Å². The fourth-order valence-corrected chi connectivity index (χ4v) is 1.40. The van der Waals surface area contributed by atoms with Gasteiger partial charge >= 0.3 is 0 Å². The molecule has 0 aromatic rings. The van der Waals surface area contributed by atoms with Gasteiger partial charge in [-0.1, -0.05) is 13.3 Å². The van der Waals surface area contributed by atoms with E-state index >= 15 is 0 Å². The first kappa shape index (κ1) is 7.98. The molecule has 3 nitrogen and oxygen atoms in total. The van der Waals surface area contributed by atoms with Gasteiger partial charge in [0.15, 0.2) is 6.35 Å². The van der Waals surface area contributed by atoms with E-state index in [0.717, 1.165) is 12.8 Å². The monoisotopic (exact) mass is 144 g/mol. The minimum Gasteiger partial charge on any atom is -0.365 e. The molecule has 1 saturated heterocycles. The van der Waals surface area contributed by atoms with Crippen LogP contribution in [0.5, 0.6) is 0 Å². The van der Waals surface area contributed by atoms with Crippen molar-refractivity contribution in [2.24, 2.45) is 0 Å². The zero-order valence-corrected chi connectivity index (χ0v) is 6.59. The lowest BCUT2D eigenvalue weighted by Crippen LogP contribution is -2.32. The Kier molecular flexibility index (Phi) is 2.65. The third-order valence-electron chi connectivity index (χ3n) is 2.00. The van der Waals surface area contributed by atoms with Crippen LogP contribution in [0.3, 0.4) is 0 Å². The fraction of sp³-hybridized carbons (Fsp3) is 1.00. The molecule has 0 amide bonds. The van der Waals surface area contributed by atoms with Crippen LogP contribution in [-0.2, 0) is 0 Å². The summed E-state index contributed by atoms with van der Waals surface area (Å²) in [4.78, 5) is 0. The third-order valence-corrected chi connectivity index (χ3v) is 2.00. The smallest absolute Gasteiger partial charge is 0.161 e. The SMILES string of the molecule is CCC[C@@H]1NC(O)N[C@@H]1C. The van der Waals surface area contributed by atoms with Crippen molar-refractivity contribution in [1.82, 2.24) is 10.6 Å². The molecule has 0 aromatic carbocycles. The van der Waals surface area contributed by atoms with Crippen molar-refractivity contribution in [1.29, 1.82) is 0 Å². The fourth-order valence-electron chi connectivity index (χ4n) is 1.40. The Morgan fingerprint density at radius 3 is 2.50 bits per heavy atom. The molecule has 0 spiro atoms. The summed E-state index contributed by atoms with van der Waals surface area (Å²) in [5, 5.41) is 15.1. The summed E-state index contributed by atoms with van der Waals surface area (Å²) in [5.41, 5.74) is 0. The van der Waals surface area contributed by atoms with Crippen molar-refractivity contribution in [2.75, 3.05) is 0 Å². The van der Waals surface area contributed by atoms with Crippen LogP contribution < -0.4 is 10.6 Å². The summed E-state index contributed by atoms with van der Waals surface area (Å²) < 4.78 is 0. The van der Waals surface area contributed by atoms with Gasteiger partial charge in [0.25, 0.3) is 0 Å². The number of hydrogen-bond donors (Lipinski definition) is 3. The maximum absolute atomic E-state index is 9.07. The van der Waals surface area contributed by atoms with Crippen molar-refractivity contribution < 1.29 is 5.11 Å². The van der Waals surface area contributed by atoms with Gasteiger partial charge in [0.05, 0.1) is 0 Å². The van der Waals surface area contributed by atoms with Crippen molar-refractivity contribution in [3.63, 3.8) is 0 Å². The normalized spacial score (nSPS) is 40.5. The van der Waals surface area contributed by atoms with Crippen LogP contribution in [0, 0.1) is 0 Å². The van der Waals surface area contributed by atoms with Gasteiger partial charge in [-0.2, -0.15) is 0 Å². The van der Waals surface area contributed by atoms with Crippen LogP contribution in [0.4, 0.5) is 0 Å². The van der Waals surface area contributed by atoms with Crippen molar-refractivity contribution >= 4 is 0 Å². The summed E-state index contributed by atoms with van der Waals surface area (Å²) in [6, 6.07) is 0.843. The third kappa shape index (κ3) is 1.68. The minimum atomic E-state index is -0.494. The molecule has 60 valence electrons. The quantitative estimate of drug-likeness (QED) is 0.511. The molecule has 1 aliphatic heterocycles. The molecule has 0 bridgehead atoms. The van der Waals surface area contributed by atoms with E-state index in [4.69, 9.17) is 5.11 Å². The summed E-state index contributed by atoms with van der Waals surface area (Å²) in [7, 11) is 0. The number of aliphatic hydroxyl groups excluding tert-OH is 1. The molecule has 0 aromatic heterocycles. The predicted molar refractivity (Wildman–Crippen MR) is 40.4 cm³/mol. The average molecular weight is 144 g/mol. The molecule has 0 radical (unpaired) electrons. The van der Waals surface area contributed by atoms with Crippen molar-refractivity contribution in [3.05, 3.63) is 0 Å². The van der Waals surface area contributed by atoms with E-state index in [2.05, 4.69) is 24.5 Å². The van der Waals surface area contributed by atoms with Crippen LogP contribution in [-0.4, -0.2) is 23.5 Å². The highest BCUT2D eigenvalue weighted by atomic mass is 16.3. The molecule has 10 heavy (non-hydrogen) atoms. The van der Waals surface area contributed by atoms with E-state index < -0.39 is 6.35 Å². The number of rotatable bonds is 2. The van der Waals surface area contributed by atoms with Crippen molar-refractivity contribution in [3.8, 4) is 0 Å². The second kappa shape index (κ2) is 3.32. The maximum atomic E-state index is 9.07. The minimum absolute atomic E-state index is 0.398. The standard InChI is InChI=1S/C7H16N2O/c1-3-4-6-5(2)8-7(10)9-6/h5-10H,3-4H2,1-2H3/t5-,6+,7?/m1/s1. The van der Waals surface area contributed by atoms with E-state index in [9.17, 15) is 0 Å². The highest BCUT2D eigenvalue weighted by molar-refractivity contribution is 4.85. The van der Waals surface area contributed by atoms with Gasteiger partial charge in [-0.25, -0.2) is 0 Å². The van der Waals surface area contributed by atoms with Crippen LogP contribution in [0.25, 0.3) is 0 Å². The second-order valence-corrected chi connectivity index (χ2v) is 2.92. The second-order valence-electron chi connectivity index (χ2n) is 2.92.